The van der Waals surface area contributed by atoms with Gasteiger partial charge in [0, 0.05) is 6.54 Å². The van der Waals surface area contributed by atoms with Crippen molar-refractivity contribution < 1.29 is 19.4 Å². The molecule has 1 aliphatic carbocycles. The predicted octanol–water partition coefficient (Wildman–Crippen LogP) is 0.373. The van der Waals surface area contributed by atoms with Crippen molar-refractivity contribution in [2.45, 2.75) is 12.8 Å². The summed E-state index contributed by atoms with van der Waals surface area (Å²) in [6, 6.07) is 0. The molecule has 1 rings (SSSR count). The highest BCUT2D eigenvalue weighted by atomic mass is 16.5. The van der Waals surface area contributed by atoms with E-state index in [-0.39, 0.29) is 11.8 Å². The van der Waals surface area contributed by atoms with Gasteiger partial charge in [0.25, 0.3) is 0 Å². The number of nitrogens with one attached hydrogen (secondary N) is 1. The average molecular weight is 213 g/mol. The van der Waals surface area contributed by atoms with E-state index in [0.717, 1.165) is 0 Å². The molecule has 5 heteroatoms. The fraction of sp³-hybridized carbons (Fsp3) is 0.600. The van der Waals surface area contributed by atoms with E-state index < -0.39 is 11.9 Å². The number of rotatable bonds is 7. The second kappa shape index (κ2) is 5.38. The number of hydrogen-bond donors (Lipinski definition) is 2. The molecule has 2 N–H and O–H groups in total. The van der Waals surface area contributed by atoms with Crippen LogP contribution in [0.2, 0.25) is 0 Å². The molecular weight excluding hydrogens is 198 g/mol. The Labute approximate surface area is 88.1 Å². The van der Waals surface area contributed by atoms with Gasteiger partial charge >= 0.3 is 5.97 Å². The van der Waals surface area contributed by atoms with Crippen molar-refractivity contribution in [2.75, 3.05) is 13.2 Å². The molecule has 0 saturated heterocycles. The number of carboxylic acid groups (broad SMARTS) is 1. The molecule has 1 aliphatic rings. The highest BCUT2D eigenvalue weighted by Crippen LogP contribution is 2.38. The van der Waals surface area contributed by atoms with E-state index in [1.807, 2.05) is 0 Å². The Kier molecular flexibility index (Phi) is 4.15. The van der Waals surface area contributed by atoms with Gasteiger partial charge in [0.05, 0.1) is 24.7 Å². The lowest BCUT2D eigenvalue weighted by Gasteiger charge is -2.03. The zero-order valence-corrected chi connectivity index (χ0v) is 8.44. The maximum Gasteiger partial charge on any atom is 0.307 e. The third kappa shape index (κ3) is 3.61. The lowest BCUT2D eigenvalue weighted by Crippen LogP contribution is -2.27. The van der Waals surface area contributed by atoms with Crippen molar-refractivity contribution in [3.05, 3.63) is 12.8 Å². The molecule has 1 saturated carbocycles. The maximum absolute atomic E-state index is 11.3. The molecule has 0 heterocycles. The highest BCUT2D eigenvalue weighted by Gasteiger charge is 2.48. The Morgan fingerprint density at radius 3 is 2.80 bits per heavy atom. The molecule has 0 aliphatic heterocycles. The number of carbonyl (C=O) groups excluding carboxylic acids is 1. The number of hydrogen-bond acceptors (Lipinski definition) is 3. The Morgan fingerprint density at radius 1 is 1.53 bits per heavy atom. The van der Waals surface area contributed by atoms with E-state index in [1.54, 1.807) is 0 Å². The number of ether oxygens (including phenoxy) is 1. The monoisotopic (exact) mass is 213 g/mol. The lowest BCUT2D eigenvalue weighted by atomic mass is 10.3. The van der Waals surface area contributed by atoms with Crippen molar-refractivity contribution in [1.82, 2.24) is 5.32 Å². The van der Waals surface area contributed by atoms with E-state index in [0.29, 0.717) is 26.0 Å². The SMILES string of the molecule is C=COCCCNC(=O)[C@@H]1C[C@@H]1C(=O)O. The zero-order chi connectivity index (χ0) is 11.3. The van der Waals surface area contributed by atoms with Gasteiger partial charge in [-0.2, -0.15) is 0 Å². The molecule has 84 valence electrons. The first-order chi connectivity index (χ1) is 7.16. The second-order valence-electron chi connectivity index (χ2n) is 3.47. The van der Waals surface area contributed by atoms with Gasteiger partial charge in [-0.05, 0) is 12.8 Å². The number of amides is 1. The molecule has 0 bridgehead atoms. The van der Waals surface area contributed by atoms with Gasteiger partial charge in [-0.1, -0.05) is 6.58 Å². The summed E-state index contributed by atoms with van der Waals surface area (Å²) in [4.78, 5) is 21.8. The quantitative estimate of drug-likeness (QED) is 0.473. The van der Waals surface area contributed by atoms with E-state index in [4.69, 9.17) is 9.84 Å². The van der Waals surface area contributed by atoms with E-state index in [9.17, 15) is 9.59 Å². The molecule has 5 nitrogen and oxygen atoms in total. The van der Waals surface area contributed by atoms with Crippen LogP contribution in [0.25, 0.3) is 0 Å². The van der Waals surface area contributed by atoms with Crippen molar-refractivity contribution in [3.8, 4) is 0 Å². The average Bonchev–Trinajstić information content (AvgIpc) is 2.96. The number of aliphatic carboxylic acids is 1. The topological polar surface area (TPSA) is 75.6 Å². The van der Waals surface area contributed by atoms with Gasteiger partial charge < -0.3 is 15.2 Å². The van der Waals surface area contributed by atoms with Gasteiger partial charge in [-0.3, -0.25) is 9.59 Å². The minimum Gasteiger partial charge on any atom is -0.502 e. The molecule has 15 heavy (non-hydrogen) atoms. The maximum atomic E-state index is 11.3. The van der Waals surface area contributed by atoms with Crippen LogP contribution in [0, 0.1) is 11.8 Å². The van der Waals surface area contributed by atoms with Crippen LogP contribution in [0.4, 0.5) is 0 Å². The standard InChI is InChI=1S/C10H15NO4/c1-2-15-5-3-4-11-9(12)7-6-8(7)10(13)14/h2,7-8H,1,3-6H2,(H,11,12)(H,13,14)/t7-,8+/m1/s1. The summed E-state index contributed by atoms with van der Waals surface area (Å²) in [6.45, 7) is 4.41. The highest BCUT2D eigenvalue weighted by molar-refractivity contribution is 5.89. The fourth-order valence-corrected chi connectivity index (χ4v) is 1.34. The van der Waals surface area contributed by atoms with Crippen LogP contribution in [-0.4, -0.2) is 30.1 Å². The normalized spacial score (nSPS) is 22.9. The van der Waals surface area contributed by atoms with Crippen LogP contribution in [0.1, 0.15) is 12.8 Å². The summed E-state index contributed by atoms with van der Waals surface area (Å²) in [5.41, 5.74) is 0. The van der Waals surface area contributed by atoms with Crippen molar-refractivity contribution in [3.63, 3.8) is 0 Å². The van der Waals surface area contributed by atoms with Crippen LogP contribution < -0.4 is 5.32 Å². The third-order valence-electron chi connectivity index (χ3n) is 2.30. The largest absolute Gasteiger partial charge is 0.502 e. The van der Waals surface area contributed by atoms with Crippen LogP contribution in [0.5, 0.6) is 0 Å². The molecule has 0 aromatic heterocycles. The Balaban J connectivity index is 2.05. The molecule has 1 fully saturated rings. The molecule has 0 radical (unpaired) electrons. The minimum absolute atomic E-state index is 0.166. The summed E-state index contributed by atoms with van der Waals surface area (Å²) in [6.07, 6.45) is 2.51. The first-order valence-corrected chi connectivity index (χ1v) is 4.90. The van der Waals surface area contributed by atoms with Crippen molar-refractivity contribution >= 4 is 11.9 Å². The molecule has 0 aromatic rings. The van der Waals surface area contributed by atoms with E-state index >= 15 is 0 Å². The van der Waals surface area contributed by atoms with Gasteiger partial charge in [0.2, 0.25) is 5.91 Å². The smallest absolute Gasteiger partial charge is 0.307 e. The zero-order valence-electron chi connectivity index (χ0n) is 8.44. The Hall–Kier alpha value is -1.52. The second-order valence-corrected chi connectivity index (χ2v) is 3.47. The summed E-state index contributed by atoms with van der Waals surface area (Å²) >= 11 is 0. The first kappa shape index (κ1) is 11.6. The fourth-order valence-electron chi connectivity index (χ4n) is 1.34. The van der Waals surface area contributed by atoms with Crippen molar-refractivity contribution in [2.24, 2.45) is 11.8 Å². The predicted molar refractivity (Wildman–Crippen MR) is 53.0 cm³/mol. The number of carbonyl (C=O) groups is 2. The summed E-state index contributed by atoms with van der Waals surface area (Å²) in [7, 11) is 0. The first-order valence-electron chi connectivity index (χ1n) is 4.90. The molecule has 0 unspecified atom stereocenters. The van der Waals surface area contributed by atoms with Crippen LogP contribution >= 0.6 is 0 Å². The third-order valence-corrected chi connectivity index (χ3v) is 2.30. The number of carboxylic acids is 1. The Bertz CT molecular complexity index is 264. The molecular formula is C10H15NO4. The van der Waals surface area contributed by atoms with E-state index in [1.165, 1.54) is 6.26 Å². The van der Waals surface area contributed by atoms with E-state index in [2.05, 4.69) is 11.9 Å². The van der Waals surface area contributed by atoms with Crippen LogP contribution in [0.15, 0.2) is 12.8 Å². The minimum atomic E-state index is -0.884. The van der Waals surface area contributed by atoms with Gasteiger partial charge in [0.1, 0.15) is 0 Å². The van der Waals surface area contributed by atoms with Crippen LogP contribution in [-0.2, 0) is 14.3 Å². The Morgan fingerprint density at radius 2 is 2.27 bits per heavy atom. The van der Waals surface area contributed by atoms with Crippen molar-refractivity contribution in [1.29, 1.82) is 0 Å². The van der Waals surface area contributed by atoms with Gasteiger partial charge in [-0.25, -0.2) is 0 Å². The lowest BCUT2D eigenvalue weighted by molar-refractivity contribution is -0.140. The summed E-state index contributed by atoms with van der Waals surface area (Å²) in [5.74, 6) is -1.86. The van der Waals surface area contributed by atoms with Gasteiger partial charge in [-0.15, -0.1) is 0 Å². The summed E-state index contributed by atoms with van der Waals surface area (Å²) in [5, 5.41) is 11.3. The molecule has 1 amide bonds. The van der Waals surface area contributed by atoms with Crippen LogP contribution in [0.3, 0.4) is 0 Å². The molecule has 2 atom stereocenters. The summed E-state index contributed by atoms with van der Waals surface area (Å²) < 4.78 is 4.87. The van der Waals surface area contributed by atoms with Gasteiger partial charge in [0.15, 0.2) is 0 Å². The molecule has 0 aromatic carbocycles. The molecule has 0 spiro atoms.